The van der Waals surface area contributed by atoms with E-state index in [1.807, 2.05) is 0 Å². The fourth-order valence-electron chi connectivity index (χ4n) is 1.72. The summed E-state index contributed by atoms with van der Waals surface area (Å²) >= 11 is 34.3. The van der Waals surface area contributed by atoms with Crippen molar-refractivity contribution >= 4 is 75.8 Å². The van der Waals surface area contributed by atoms with Crippen LogP contribution in [0.4, 0.5) is 0 Å². The van der Waals surface area contributed by atoms with Gasteiger partial charge in [-0.05, 0) is 31.4 Å². The van der Waals surface area contributed by atoms with Crippen molar-refractivity contribution in [2.75, 3.05) is 19.8 Å². The van der Waals surface area contributed by atoms with Gasteiger partial charge in [0, 0.05) is 18.3 Å². The van der Waals surface area contributed by atoms with Crippen molar-refractivity contribution in [3.63, 3.8) is 0 Å². The minimum absolute atomic E-state index is 0.125. The molecule has 0 atom stereocenters. The molecule has 0 heterocycles. The summed E-state index contributed by atoms with van der Waals surface area (Å²) < 4.78 is 11.4. The second-order valence-electron chi connectivity index (χ2n) is 4.94. The second-order valence-corrected chi connectivity index (χ2v) is 7.77. The lowest BCUT2D eigenvalue weighted by Crippen LogP contribution is -2.00. The van der Waals surface area contributed by atoms with Crippen molar-refractivity contribution in [1.82, 2.24) is 0 Å². The standard InChI is InChI=1S/C17H17Cl6NO3/c18-13-10-12(25-8-4-15(20)21)11-14(19)17(13)26-7-3-1-2-6-24-27-9-5-16(22)23/h4-6,10-11H,1-3,7-9H2/b24-6+. The number of oxime groups is 1. The molecule has 10 heteroatoms. The lowest BCUT2D eigenvalue weighted by Gasteiger charge is -2.12. The van der Waals surface area contributed by atoms with Crippen LogP contribution in [0.15, 0.2) is 38.4 Å². The van der Waals surface area contributed by atoms with E-state index in [1.54, 1.807) is 18.3 Å². The van der Waals surface area contributed by atoms with Crippen molar-refractivity contribution < 1.29 is 14.3 Å². The molecule has 0 unspecified atom stereocenters. The first-order valence-electron chi connectivity index (χ1n) is 7.81. The summed E-state index contributed by atoms with van der Waals surface area (Å²) in [6, 6.07) is 3.23. The molecular weight excluding hydrogens is 479 g/mol. The van der Waals surface area contributed by atoms with Gasteiger partial charge in [-0.2, -0.15) is 0 Å². The largest absolute Gasteiger partial charge is 0.490 e. The maximum atomic E-state index is 6.19. The Kier molecular flexibility index (Phi) is 13.2. The van der Waals surface area contributed by atoms with Gasteiger partial charge in [0.2, 0.25) is 0 Å². The molecule has 0 saturated heterocycles. The number of ether oxygens (including phenoxy) is 2. The van der Waals surface area contributed by atoms with Gasteiger partial charge < -0.3 is 14.3 Å². The van der Waals surface area contributed by atoms with Crippen LogP contribution in [-0.2, 0) is 4.84 Å². The third kappa shape index (κ3) is 11.8. The fraction of sp³-hybridized carbons (Fsp3) is 0.353. The molecule has 0 bridgehead atoms. The molecule has 150 valence electrons. The van der Waals surface area contributed by atoms with Gasteiger partial charge in [-0.25, -0.2) is 0 Å². The average molecular weight is 496 g/mol. The zero-order valence-corrected chi connectivity index (χ0v) is 18.6. The molecule has 0 aliphatic rings. The van der Waals surface area contributed by atoms with E-state index < -0.39 is 0 Å². The summed E-state index contributed by atoms with van der Waals surface area (Å²) in [4.78, 5) is 4.93. The predicted octanol–water partition coefficient (Wildman–Crippen LogP) is 7.56. The second kappa shape index (κ2) is 14.5. The summed E-state index contributed by atoms with van der Waals surface area (Å²) in [6.07, 6.45) is 7.08. The quantitative estimate of drug-likeness (QED) is 0.170. The Balaban J connectivity index is 2.31. The van der Waals surface area contributed by atoms with Crippen LogP contribution in [-0.4, -0.2) is 26.0 Å². The highest BCUT2D eigenvalue weighted by atomic mass is 35.5. The Hall–Kier alpha value is -0.490. The molecule has 0 aliphatic carbocycles. The molecule has 0 radical (unpaired) electrons. The molecule has 0 fully saturated rings. The Labute approximate surface area is 188 Å². The summed E-state index contributed by atoms with van der Waals surface area (Å²) in [5.41, 5.74) is 0. The lowest BCUT2D eigenvalue weighted by molar-refractivity contribution is 0.175. The van der Waals surface area contributed by atoms with E-state index in [2.05, 4.69) is 5.16 Å². The highest BCUT2D eigenvalue weighted by Gasteiger charge is 2.10. The minimum Gasteiger partial charge on any atom is -0.490 e. The molecule has 0 saturated carbocycles. The molecule has 0 aromatic heterocycles. The highest BCUT2D eigenvalue weighted by Crippen LogP contribution is 2.37. The van der Waals surface area contributed by atoms with Gasteiger partial charge >= 0.3 is 0 Å². The smallest absolute Gasteiger partial charge is 0.156 e. The number of halogens is 6. The maximum Gasteiger partial charge on any atom is 0.156 e. The first kappa shape index (κ1) is 24.5. The van der Waals surface area contributed by atoms with Crippen molar-refractivity contribution in [3.8, 4) is 11.5 Å². The normalized spacial score (nSPS) is 10.6. The van der Waals surface area contributed by atoms with Crippen LogP contribution in [0, 0.1) is 0 Å². The molecule has 27 heavy (non-hydrogen) atoms. The highest BCUT2D eigenvalue weighted by molar-refractivity contribution is 6.56. The zero-order valence-electron chi connectivity index (χ0n) is 14.1. The average Bonchev–Trinajstić information content (AvgIpc) is 2.58. The molecule has 0 amide bonds. The molecule has 0 aliphatic heterocycles. The molecule has 4 nitrogen and oxygen atoms in total. The number of hydrogen-bond acceptors (Lipinski definition) is 4. The molecular formula is C17H17Cl6NO3. The van der Waals surface area contributed by atoms with Crippen molar-refractivity contribution in [3.05, 3.63) is 43.3 Å². The van der Waals surface area contributed by atoms with E-state index in [0.717, 1.165) is 19.3 Å². The Morgan fingerprint density at radius 2 is 1.52 bits per heavy atom. The van der Waals surface area contributed by atoms with Gasteiger partial charge in [-0.1, -0.05) is 74.8 Å². The Morgan fingerprint density at radius 3 is 2.15 bits per heavy atom. The molecule has 0 N–H and O–H groups in total. The van der Waals surface area contributed by atoms with Gasteiger partial charge in [0.05, 0.1) is 16.7 Å². The number of benzene rings is 1. The third-order valence-electron chi connectivity index (χ3n) is 2.89. The Morgan fingerprint density at radius 1 is 0.889 bits per heavy atom. The first-order chi connectivity index (χ1) is 12.9. The van der Waals surface area contributed by atoms with Crippen molar-refractivity contribution in [1.29, 1.82) is 0 Å². The SMILES string of the molecule is ClC(Cl)=CCO/N=C/CCCCOc1c(Cl)cc(OCC=C(Cl)Cl)cc1Cl. The Bertz CT molecular complexity index is 648. The van der Waals surface area contributed by atoms with Gasteiger partial charge in [-0.15, -0.1) is 0 Å². The van der Waals surface area contributed by atoms with Crippen LogP contribution < -0.4 is 9.47 Å². The van der Waals surface area contributed by atoms with E-state index in [1.165, 1.54) is 12.2 Å². The predicted molar refractivity (Wildman–Crippen MR) is 115 cm³/mol. The van der Waals surface area contributed by atoms with Crippen LogP contribution in [0.5, 0.6) is 11.5 Å². The van der Waals surface area contributed by atoms with Crippen LogP contribution in [0.2, 0.25) is 10.0 Å². The zero-order chi connectivity index (χ0) is 20.1. The van der Waals surface area contributed by atoms with Crippen LogP contribution in [0.3, 0.4) is 0 Å². The fourth-order valence-corrected chi connectivity index (χ4v) is 2.55. The number of nitrogens with zero attached hydrogens (tertiary/aromatic N) is 1. The van der Waals surface area contributed by atoms with Crippen LogP contribution in [0.1, 0.15) is 19.3 Å². The first-order valence-corrected chi connectivity index (χ1v) is 10.1. The summed E-state index contributed by atoms with van der Waals surface area (Å²) in [6.45, 7) is 0.896. The monoisotopic (exact) mass is 493 g/mol. The van der Waals surface area contributed by atoms with Crippen molar-refractivity contribution in [2.24, 2.45) is 5.16 Å². The van der Waals surface area contributed by atoms with E-state index in [-0.39, 0.29) is 22.2 Å². The van der Waals surface area contributed by atoms with Gasteiger partial charge in [-0.3, -0.25) is 0 Å². The minimum atomic E-state index is 0.125. The van der Waals surface area contributed by atoms with Gasteiger partial charge in [0.15, 0.2) is 5.75 Å². The van der Waals surface area contributed by atoms with Crippen LogP contribution >= 0.6 is 69.6 Å². The topological polar surface area (TPSA) is 40.0 Å². The molecule has 1 rings (SSSR count). The molecule has 1 aromatic carbocycles. The number of hydrogen-bond donors (Lipinski definition) is 0. The summed E-state index contributed by atoms with van der Waals surface area (Å²) in [7, 11) is 0. The van der Waals surface area contributed by atoms with Crippen molar-refractivity contribution in [2.45, 2.75) is 19.3 Å². The molecule has 1 aromatic rings. The number of rotatable bonds is 12. The van der Waals surface area contributed by atoms with E-state index >= 15 is 0 Å². The third-order valence-corrected chi connectivity index (χ3v) is 4.07. The van der Waals surface area contributed by atoms with Gasteiger partial charge in [0.25, 0.3) is 0 Å². The summed E-state index contributed by atoms with van der Waals surface area (Å²) in [5, 5.41) is 4.49. The lowest BCUT2D eigenvalue weighted by atomic mass is 10.2. The maximum absolute atomic E-state index is 6.19. The number of unbranched alkanes of at least 4 members (excludes halogenated alkanes) is 2. The van der Waals surface area contributed by atoms with Crippen LogP contribution in [0.25, 0.3) is 0 Å². The molecule has 0 spiro atoms. The van der Waals surface area contributed by atoms with E-state index in [9.17, 15) is 0 Å². The van der Waals surface area contributed by atoms with E-state index in [0.29, 0.717) is 28.2 Å². The van der Waals surface area contributed by atoms with Gasteiger partial charge in [0.1, 0.15) is 27.9 Å². The van der Waals surface area contributed by atoms with E-state index in [4.69, 9.17) is 83.9 Å². The summed E-state index contributed by atoms with van der Waals surface area (Å²) in [5.74, 6) is 0.906.